The van der Waals surface area contributed by atoms with Crippen LogP contribution in [0.5, 0.6) is 0 Å². The van der Waals surface area contributed by atoms with Crippen LogP contribution < -0.4 is 10.2 Å². The van der Waals surface area contributed by atoms with E-state index in [0.717, 1.165) is 6.42 Å². The van der Waals surface area contributed by atoms with Crippen LogP contribution in [-0.2, 0) is 9.59 Å². The minimum absolute atomic E-state index is 0.0238. The van der Waals surface area contributed by atoms with Crippen molar-refractivity contribution in [3.05, 3.63) is 29.0 Å². The lowest BCUT2D eigenvalue weighted by Gasteiger charge is -2.27. The Kier molecular flexibility index (Phi) is 4.83. The second-order valence-corrected chi connectivity index (χ2v) is 5.65. The highest BCUT2D eigenvalue weighted by Gasteiger charge is 2.34. The maximum Gasteiger partial charge on any atom is 0.249 e. The Bertz CT molecular complexity index is 565. The second-order valence-electron chi connectivity index (χ2n) is 5.24. The van der Waals surface area contributed by atoms with Crippen LogP contribution in [0.1, 0.15) is 26.7 Å². The molecule has 0 spiro atoms. The molecule has 2 amide bonds. The lowest BCUT2D eigenvalue weighted by Crippen LogP contribution is -2.48. The van der Waals surface area contributed by atoms with E-state index in [1.807, 2.05) is 13.8 Å². The van der Waals surface area contributed by atoms with Gasteiger partial charge in [-0.2, -0.15) is 0 Å². The molecule has 0 aliphatic carbocycles. The van der Waals surface area contributed by atoms with Crippen molar-refractivity contribution in [2.45, 2.75) is 32.7 Å². The molecule has 0 bridgehead atoms. The number of hydrogen-bond acceptors (Lipinski definition) is 2. The molecule has 6 heteroatoms. The van der Waals surface area contributed by atoms with Gasteiger partial charge in [0.15, 0.2) is 5.82 Å². The minimum atomic E-state index is -0.636. The third kappa shape index (κ3) is 3.18. The summed E-state index contributed by atoms with van der Waals surface area (Å²) in [6.45, 7) is 3.98. The number of benzene rings is 1. The van der Waals surface area contributed by atoms with Crippen LogP contribution in [0, 0.1) is 11.7 Å². The predicted octanol–water partition coefficient (Wildman–Crippen LogP) is 2.75. The van der Waals surface area contributed by atoms with E-state index in [1.54, 1.807) is 6.07 Å². The van der Waals surface area contributed by atoms with E-state index in [1.165, 1.54) is 17.0 Å². The Balaban J connectivity index is 2.40. The number of carbonyl (C=O) groups excluding carboxylic acids is 2. The van der Waals surface area contributed by atoms with Crippen LogP contribution in [0.2, 0.25) is 5.02 Å². The fourth-order valence-corrected chi connectivity index (χ4v) is 2.53. The molecule has 1 saturated heterocycles. The number of carbonyl (C=O) groups is 2. The summed E-state index contributed by atoms with van der Waals surface area (Å²) in [7, 11) is 0. The van der Waals surface area contributed by atoms with Crippen molar-refractivity contribution >= 4 is 29.1 Å². The molecule has 1 N–H and O–H groups in total. The summed E-state index contributed by atoms with van der Waals surface area (Å²) in [5.41, 5.74) is 0.123. The molecule has 2 atom stereocenters. The molecule has 0 aromatic heterocycles. The molecule has 1 aromatic rings. The molecule has 1 fully saturated rings. The van der Waals surface area contributed by atoms with Gasteiger partial charge < -0.3 is 10.2 Å². The van der Waals surface area contributed by atoms with Crippen LogP contribution in [0.4, 0.5) is 10.1 Å². The Morgan fingerprint density at radius 1 is 1.48 bits per heavy atom. The van der Waals surface area contributed by atoms with E-state index in [2.05, 4.69) is 5.32 Å². The summed E-state index contributed by atoms with van der Waals surface area (Å²) in [6, 6.07) is 3.89. The van der Waals surface area contributed by atoms with Crippen LogP contribution in [0.15, 0.2) is 18.2 Å². The second kappa shape index (κ2) is 6.43. The zero-order valence-electron chi connectivity index (χ0n) is 12.0. The maximum atomic E-state index is 14.2. The van der Waals surface area contributed by atoms with Crippen molar-refractivity contribution < 1.29 is 14.0 Å². The fraction of sp³-hybridized carbons (Fsp3) is 0.467. The van der Waals surface area contributed by atoms with Crippen LogP contribution in [-0.4, -0.2) is 24.4 Å². The van der Waals surface area contributed by atoms with Crippen molar-refractivity contribution in [1.29, 1.82) is 0 Å². The number of hydrogen-bond donors (Lipinski definition) is 1. The van der Waals surface area contributed by atoms with Gasteiger partial charge in [-0.25, -0.2) is 4.39 Å². The molecule has 114 valence electrons. The van der Waals surface area contributed by atoms with Gasteiger partial charge in [-0.05, 0) is 18.1 Å². The average Bonchev–Trinajstić information content (AvgIpc) is 2.61. The zero-order chi connectivity index (χ0) is 15.6. The first-order valence-corrected chi connectivity index (χ1v) is 7.38. The van der Waals surface area contributed by atoms with Gasteiger partial charge in [0.25, 0.3) is 0 Å². The SMILES string of the molecule is CCC(C)C1NC(=O)CCN(c2cccc(Cl)c2F)C1=O. The third-order valence-electron chi connectivity index (χ3n) is 3.85. The van der Waals surface area contributed by atoms with Crippen molar-refractivity contribution in [1.82, 2.24) is 5.32 Å². The van der Waals surface area contributed by atoms with Crippen LogP contribution in [0.3, 0.4) is 0 Å². The summed E-state index contributed by atoms with van der Waals surface area (Å²) in [5, 5.41) is 2.69. The summed E-state index contributed by atoms with van der Waals surface area (Å²) >= 11 is 5.78. The van der Waals surface area contributed by atoms with E-state index < -0.39 is 11.9 Å². The summed E-state index contributed by atoms with van der Waals surface area (Å²) in [6.07, 6.45) is 0.882. The average molecular weight is 313 g/mol. The Morgan fingerprint density at radius 2 is 2.19 bits per heavy atom. The van der Waals surface area contributed by atoms with E-state index in [-0.39, 0.29) is 41.4 Å². The summed E-state index contributed by atoms with van der Waals surface area (Å²) in [5.74, 6) is -1.15. The lowest BCUT2D eigenvalue weighted by molar-refractivity contribution is -0.126. The van der Waals surface area contributed by atoms with Gasteiger partial charge in [-0.1, -0.05) is 37.9 Å². The van der Waals surface area contributed by atoms with Crippen LogP contribution >= 0.6 is 11.6 Å². The van der Waals surface area contributed by atoms with Gasteiger partial charge >= 0.3 is 0 Å². The minimum Gasteiger partial charge on any atom is -0.344 e. The molecule has 21 heavy (non-hydrogen) atoms. The van der Waals surface area contributed by atoms with Gasteiger partial charge in [-0.3, -0.25) is 9.59 Å². The van der Waals surface area contributed by atoms with Crippen molar-refractivity contribution in [2.75, 3.05) is 11.4 Å². The highest BCUT2D eigenvalue weighted by molar-refractivity contribution is 6.31. The Labute approximate surface area is 128 Å². The number of halogens is 2. The van der Waals surface area contributed by atoms with Gasteiger partial charge in [0.1, 0.15) is 6.04 Å². The van der Waals surface area contributed by atoms with Gasteiger partial charge in [-0.15, -0.1) is 0 Å². The number of nitrogens with one attached hydrogen (secondary N) is 1. The Morgan fingerprint density at radius 3 is 2.86 bits per heavy atom. The third-order valence-corrected chi connectivity index (χ3v) is 4.14. The van der Waals surface area contributed by atoms with E-state index in [4.69, 9.17) is 11.6 Å². The first-order valence-electron chi connectivity index (χ1n) is 7.00. The molecule has 1 heterocycles. The van der Waals surface area contributed by atoms with Gasteiger partial charge in [0, 0.05) is 13.0 Å². The quantitative estimate of drug-likeness (QED) is 0.933. The first-order chi connectivity index (χ1) is 9.95. The molecule has 2 rings (SSSR count). The lowest BCUT2D eigenvalue weighted by atomic mass is 9.98. The van der Waals surface area contributed by atoms with Crippen molar-refractivity contribution in [3.63, 3.8) is 0 Å². The molecule has 2 unspecified atom stereocenters. The van der Waals surface area contributed by atoms with Gasteiger partial charge in [0.05, 0.1) is 10.7 Å². The smallest absolute Gasteiger partial charge is 0.249 e. The van der Waals surface area contributed by atoms with Crippen molar-refractivity contribution in [2.24, 2.45) is 5.92 Å². The van der Waals surface area contributed by atoms with E-state index in [9.17, 15) is 14.0 Å². The van der Waals surface area contributed by atoms with Crippen molar-refractivity contribution in [3.8, 4) is 0 Å². The molecule has 4 nitrogen and oxygen atoms in total. The molecule has 0 saturated carbocycles. The molecule has 0 radical (unpaired) electrons. The number of amides is 2. The number of nitrogens with zero attached hydrogens (tertiary/aromatic N) is 1. The maximum absolute atomic E-state index is 14.2. The normalized spacial score (nSPS) is 21.0. The number of rotatable bonds is 3. The molecular formula is C15H18ClFN2O2. The first kappa shape index (κ1) is 15.8. The topological polar surface area (TPSA) is 49.4 Å². The zero-order valence-corrected chi connectivity index (χ0v) is 12.8. The highest BCUT2D eigenvalue weighted by atomic mass is 35.5. The van der Waals surface area contributed by atoms with E-state index >= 15 is 0 Å². The monoisotopic (exact) mass is 312 g/mol. The fourth-order valence-electron chi connectivity index (χ4n) is 2.36. The summed E-state index contributed by atoms with van der Waals surface area (Å²) < 4.78 is 14.2. The highest BCUT2D eigenvalue weighted by Crippen LogP contribution is 2.28. The van der Waals surface area contributed by atoms with E-state index in [0.29, 0.717) is 0 Å². The Hall–Kier alpha value is -1.62. The standard InChI is InChI=1S/C15H18ClFN2O2/c1-3-9(2)14-15(21)19(8-7-12(20)18-14)11-6-4-5-10(16)13(11)17/h4-6,9,14H,3,7-8H2,1-2H3,(H,18,20). The molecule has 1 aromatic carbocycles. The predicted molar refractivity (Wildman–Crippen MR) is 79.8 cm³/mol. The molecule has 1 aliphatic heterocycles. The number of anilines is 1. The molecule has 1 aliphatic rings. The van der Waals surface area contributed by atoms with Crippen LogP contribution in [0.25, 0.3) is 0 Å². The summed E-state index contributed by atoms with van der Waals surface area (Å²) in [4.78, 5) is 25.8. The molecular weight excluding hydrogens is 295 g/mol. The largest absolute Gasteiger partial charge is 0.344 e. The van der Waals surface area contributed by atoms with Gasteiger partial charge in [0.2, 0.25) is 11.8 Å².